The molecule has 0 saturated carbocycles. The van der Waals surface area contributed by atoms with Crippen LogP contribution in [0, 0.1) is 11.7 Å². The highest BCUT2D eigenvalue weighted by molar-refractivity contribution is 5.81. The minimum atomic E-state index is -0.398. The van der Waals surface area contributed by atoms with E-state index in [4.69, 9.17) is 9.15 Å². The second-order valence-electron chi connectivity index (χ2n) is 6.61. The quantitative estimate of drug-likeness (QED) is 0.665. The van der Waals surface area contributed by atoms with Crippen molar-refractivity contribution >= 4 is 11.0 Å². The summed E-state index contributed by atoms with van der Waals surface area (Å²) < 4.78 is 23.7. The molecular weight excluding hydrogens is 333 g/mol. The molecule has 26 heavy (non-hydrogen) atoms. The van der Waals surface area contributed by atoms with E-state index >= 15 is 0 Å². The summed E-state index contributed by atoms with van der Waals surface area (Å²) in [6, 6.07) is 13.5. The summed E-state index contributed by atoms with van der Waals surface area (Å²) in [5.74, 6) is 0.681. The molecule has 1 N–H and O–H groups in total. The fourth-order valence-electron chi connectivity index (χ4n) is 3.11. The standard InChI is InChI=1S/C21H22FNO3/c1-13(2)21(14-4-6-16(22)7-5-14)23-12-15-10-20(24)26-19-11-17(25-3)8-9-18(15)19/h4-11,13,21,23H,12H2,1-3H3/t21-/m1/s1. The molecule has 4 nitrogen and oxygen atoms in total. The first kappa shape index (κ1) is 18.1. The molecule has 0 aliphatic rings. The Morgan fingerprint density at radius 3 is 2.50 bits per heavy atom. The fraction of sp³-hybridized carbons (Fsp3) is 0.286. The molecule has 3 rings (SSSR count). The van der Waals surface area contributed by atoms with Crippen LogP contribution in [0.15, 0.2) is 57.7 Å². The van der Waals surface area contributed by atoms with Gasteiger partial charge in [0, 0.05) is 30.1 Å². The van der Waals surface area contributed by atoms with E-state index in [0.29, 0.717) is 23.8 Å². The average Bonchev–Trinajstić information content (AvgIpc) is 2.62. The number of nitrogens with one attached hydrogen (secondary N) is 1. The number of benzene rings is 2. The zero-order chi connectivity index (χ0) is 18.7. The molecule has 1 atom stereocenters. The molecule has 0 fully saturated rings. The Bertz CT molecular complexity index is 948. The van der Waals surface area contributed by atoms with E-state index in [1.165, 1.54) is 18.2 Å². The van der Waals surface area contributed by atoms with Crippen LogP contribution in [0.2, 0.25) is 0 Å². The van der Waals surface area contributed by atoms with Gasteiger partial charge in [-0.15, -0.1) is 0 Å². The lowest BCUT2D eigenvalue weighted by molar-refractivity contribution is 0.409. The molecule has 2 aromatic carbocycles. The number of ether oxygens (including phenoxy) is 1. The highest BCUT2D eigenvalue weighted by Crippen LogP contribution is 2.25. The van der Waals surface area contributed by atoms with Crippen LogP contribution in [0.3, 0.4) is 0 Å². The van der Waals surface area contributed by atoms with E-state index in [-0.39, 0.29) is 11.9 Å². The van der Waals surface area contributed by atoms with Gasteiger partial charge in [-0.3, -0.25) is 0 Å². The summed E-state index contributed by atoms with van der Waals surface area (Å²) in [6.45, 7) is 4.70. The maximum atomic E-state index is 13.2. The summed E-state index contributed by atoms with van der Waals surface area (Å²) in [7, 11) is 1.57. The van der Waals surface area contributed by atoms with Crippen molar-refractivity contribution in [1.29, 1.82) is 0 Å². The zero-order valence-electron chi connectivity index (χ0n) is 15.1. The summed E-state index contributed by atoms with van der Waals surface area (Å²) >= 11 is 0. The van der Waals surface area contributed by atoms with E-state index < -0.39 is 5.63 Å². The third-order valence-electron chi connectivity index (χ3n) is 4.45. The number of halogens is 1. The van der Waals surface area contributed by atoms with Crippen molar-refractivity contribution < 1.29 is 13.5 Å². The average molecular weight is 355 g/mol. The van der Waals surface area contributed by atoms with Gasteiger partial charge < -0.3 is 14.5 Å². The van der Waals surface area contributed by atoms with Gasteiger partial charge in [0.25, 0.3) is 0 Å². The Balaban J connectivity index is 1.89. The largest absolute Gasteiger partial charge is 0.497 e. The van der Waals surface area contributed by atoms with E-state index in [2.05, 4.69) is 19.2 Å². The maximum absolute atomic E-state index is 13.2. The third-order valence-corrected chi connectivity index (χ3v) is 4.45. The smallest absolute Gasteiger partial charge is 0.336 e. The molecular formula is C21H22FNO3. The van der Waals surface area contributed by atoms with Crippen LogP contribution in [-0.4, -0.2) is 7.11 Å². The number of hydrogen-bond acceptors (Lipinski definition) is 4. The van der Waals surface area contributed by atoms with Gasteiger partial charge in [-0.1, -0.05) is 26.0 Å². The molecule has 136 valence electrons. The molecule has 0 aliphatic heterocycles. The van der Waals surface area contributed by atoms with Crippen molar-refractivity contribution in [2.75, 3.05) is 7.11 Å². The van der Waals surface area contributed by atoms with Gasteiger partial charge >= 0.3 is 5.63 Å². The van der Waals surface area contributed by atoms with Crippen molar-refractivity contribution in [2.45, 2.75) is 26.4 Å². The fourth-order valence-corrected chi connectivity index (χ4v) is 3.11. The molecule has 0 amide bonds. The molecule has 0 aliphatic carbocycles. The number of hydrogen-bond donors (Lipinski definition) is 1. The van der Waals surface area contributed by atoms with Crippen LogP contribution in [-0.2, 0) is 6.54 Å². The second-order valence-corrected chi connectivity index (χ2v) is 6.61. The van der Waals surface area contributed by atoms with Crippen LogP contribution < -0.4 is 15.7 Å². The molecule has 3 aromatic rings. The third kappa shape index (κ3) is 3.94. The molecule has 0 unspecified atom stereocenters. The van der Waals surface area contributed by atoms with Crippen LogP contribution in [0.1, 0.15) is 31.0 Å². The topological polar surface area (TPSA) is 51.5 Å². The Hall–Kier alpha value is -2.66. The van der Waals surface area contributed by atoms with Gasteiger partial charge in [0.2, 0.25) is 0 Å². The molecule has 1 aromatic heterocycles. The van der Waals surface area contributed by atoms with Gasteiger partial charge in [-0.25, -0.2) is 9.18 Å². The van der Waals surface area contributed by atoms with E-state index in [1.54, 1.807) is 25.3 Å². The number of methoxy groups -OCH3 is 1. The highest BCUT2D eigenvalue weighted by Gasteiger charge is 2.16. The van der Waals surface area contributed by atoms with Gasteiger partial charge in [0.15, 0.2) is 0 Å². The minimum Gasteiger partial charge on any atom is -0.497 e. The Morgan fingerprint density at radius 1 is 1.12 bits per heavy atom. The van der Waals surface area contributed by atoms with Crippen molar-refractivity contribution in [3.05, 3.63) is 75.9 Å². The molecule has 0 bridgehead atoms. The second kappa shape index (κ2) is 7.70. The first-order chi connectivity index (χ1) is 12.5. The summed E-state index contributed by atoms with van der Waals surface area (Å²) in [5.41, 5.74) is 1.96. The summed E-state index contributed by atoms with van der Waals surface area (Å²) in [5, 5.41) is 4.35. The van der Waals surface area contributed by atoms with Crippen LogP contribution >= 0.6 is 0 Å². The Labute approximate surface area is 151 Å². The van der Waals surface area contributed by atoms with Crippen molar-refractivity contribution in [1.82, 2.24) is 5.32 Å². The van der Waals surface area contributed by atoms with Crippen LogP contribution in [0.25, 0.3) is 11.0 Å². The van der Waals surface area contributed by atoms with E-state index in [9.17, 15) is 9.18 Å². The van der Waals surface area contributed by atoms with Crippen molar-refractivity contribution in [2.24, 2.45) is 5.92 Å². The summed E-state index contributed by atoms with van der Waals surface area (Å²) in [6.07, 6.45) is 0. The van der Waals surface area contributed by atoms with Crippen molar-refractivity contribution in [3.63, 3.8) is 0 Å². The molecule has 5 heteroatoms. The number of fused-ring (bicyclic) bond motifs is 1. The SMILES string of the molecule is COc1ccc2c(CN[C@@H](c3ccc(F)cc3)C(C)C)cc(=O)oc2c1. The minimum absolute atomic E-state index is 0.0381. The van der Waals surface area contributed by atoms with Gasteiger partial charge in [-0.2, -0.15) is 0 Å². The van der Waals surface area contributed by atoms with Gasteiger partial charge in [0.1, 0.15) is 17.1 Å². The lowest BCUT2D eigenvalue weighted by atomic mass is 9.95. The predicted molar refractivity (Wildman–Crippen MR) is 99.9 cm³/mol. The molecule has 0 radical (unpaired) electrons. The lowest BCUT2D eigenvalue weighted by Crippen LogP contribution is -2.26. The molecule has 0 saturated heterocycles. The monoisotopic (exact) mass is 355 g/mol. The number of rotatable bonds is 6. The molecule has 0 spiro atoms. The predicted octanol–water partition coefficient (Wildman–Crippen LogP) is 4.43. The van der Waals surface area contributed by atoms with E-state index in [1.807, 2.05) is 12.1 Å². The van der Waals surface area contributed by atoms with Gasteiger partial charge in [0.05, 0.1) is 7.11 Å². The first-order valence-corrected chi connectivity index (χ1v) is 8.57. The highest BCUT2D eigenvalue weighted by atomic mass is 19.1. The Kier molecular flexibility index (Phi) is 5.38. The van der Waals surface area contributed by atoms with Crippen LogP contribution in [0.5, 0.6) is 5.75 Å². The lowest BCUT2D eigenvalue weighted by Gasteiger charge is -2.23. The van der Waals surface area contributed by atoms with Gasteiger partial charge in [-0.05, 0) is 41.3 Å². The van der Waals surface area contributed by atoms with E-state index in [0.717, 1.165) is 16.5 Å². The maximum Gasteiger partial charge on any atom is 0.336 e. The molecule has 1 heterocycles. The summed E-state index contributed by atoms with van der Waals surface area (Å²) in [4.78, 5) is 11.9. The normalized spacial score (nSPS) is 12.5. The van der Waals surface area contributed by atoms with Crippen molar-refractivity contribution in [3.8, 4) is 5.75 Å². The van der Waals surface area contributed by atoms with Crippen LogP contribution in [0.4, 0.5) is 4.39 Å². The zero-order valence-corrected chi connectivity index (χ0v) is 15.1. The first-order valence-electron chi connectivity index (χ1n) is 8.57. The Morgan fingerprint density at radius 2 is 1.85 bits per heavy atom.